The molecule has 0 unspecified atom stereocenters. The Bertz CT molecular complexity index is 1250. The van der Waals surface area contributed by atoms with Crippen LogP contribution in [0.1, 0.15) is 42.1 Å². The van der Waals surface area contributed by atoms with Crippen LogP contribution < -0.4 is 16.2 Å². The summed E-state index contributed by atoms with van der Waals surface area (Å²) in [5, 5.41) is 0.358. The third kappa shape index (κ3) is 4.16. The van der Waals surface area contributed by atoms with Crippen molar-refractivity contribution in [3.05, 3.63) is 57.5 Å². The van der Waals surface area contributed by atoms with Gasteiger partial charge in [-0.15, -0.1) is 0 Å². The van der Waals surface area contributed by atoms with Gasteiger partial charge in [-0.2, -0.15) is 0 Å². The van der Waals surface area contributed by atoms with Gasteiger partial charge in [0.1, 0.15) is 5.75 Å². The second-order valence-electron chi connectivity index (χ2n) is 9.18. The van der Waals surface area contributed by atoms with E-state index in [0.29, 0.717) is 41.2 Å². The molecular weight excluding hydrogens is 454 g/mol. The topological polar surface area (TPSA) is 96.6 Å². The highest BCUT2D eigenvalue weighted by molar-refractivity contribution is 6.33. The number of aromatic nitrogens is 2. The van der Waals surface area contributed by atoms with Crippen LogP contribution in [0.2, 0.25) is 5.02 Å². The maximum absolute atomic E-state index is 13.1. The van der Waals surface area contributed by atoms with E-state index in [9.17, 15) is 9.59 Å². The molecule has 2 aromatic carbocycles. The van der Waals surface area contributed by atoms with Crippen molar-refractivity contribution in [3.8, 4) is 5.75 Å². The molecule has 3 aromatic rings. The molecule has 34 heavy (non-hydrogen) atoms. The third-order valence-corrected chi connectivity index (χ3v) is 7.63. The van der Waals surface area contributed by atoms with Crippen molar-refractivity contribution in [3.63, 3.8) is 0 Å². The number of nitrogens with one attached hydrogen (secondary N) is 1. The van der Waals surface area contributed by atoms with Gasteiger partial charge in [0.25, 0.3) is 5.91 Å². The summed E-state index contributed by atoms with van der Waals surface area (Å²) >= 11 is 6.16. The second kappa shape index (κ2) is 9.35. The van der Waals surface area contributed by atoms with Crippen LogP contribution in [0.3, 0.4) is 0 Å². The number of para-hydroxylation sites is 2. The number of benzene rings is 2. The number of anilines is 1. The van der Waals surface area contributed by atoms with Gasteiger partial charge < -0.3 is 25.3 Å². The van der Waals surface area contributed by atoms with Crippen LogP contribution in [-0.2, 0) is 0 Å². The number of H-pyrrole nitrogens is 1. The first-order valence-corrected chi connectivity index (χ1v) is 12.2. The first kappa shape index (κ1) is 22.8. The van der Waals surface area contributed by atoms with Crippen molar-refractivity contribution in [2.75, 3.05) is 39.0 Å². The number of fused-ring (bicyclic) bond motifs is 1. The van der Waals surface area contributed by atoms with E-state index in [0.717, 1.165) is 49.8 Å². The van der Waals surface area contributed by atoms with Crippen molar-refractivity contribution >= 4 is 34.2 Å². The summed E-state index contributed by atoms with van der Waals surface area (Å²) in [5.41, 5.74) is 8.56. The average molecular weight is 484 g/mol. The molecule has 0 saturated carbocycles. The fourth-order valence-electron chi connectivity index (χ4n) is 5.46. The number of aromatic amines is 1. The Morgan fingerprint density at radius 1 is 1.06 bits per heavy atom. The summed E-state index contributed by atoms with van der Waals surface area (Å²) in [5.74, 6) is 0.373. The Morgan fingerprint density at radius 3 is 2.44 bits per heavy atom. The van der Waals surface area contributed by atoms with Crippen LogP contribution in [-0.4, -0.2) is 64.6 Å². The minimum Gasteiger partial charge on any atom is -0.496 e. The lowest BCUT2D eigenvalue weighted by Gasteiger charge is -2.42. The summed E-state index contributed by atoms with van der Waals surface area (Å²) in [4.78, 5) is 33.1. The van der Waals surface area contributed by atoms with Crippen molar-refractivity contribution in [1.82, 2.24) is 19.4 Å². The minimum atomic E-state index is -0.0744. The number of nitrogen functional groups attached to an aromatic ring is 1. The molecule has 3 heterocycles. The second-order valence-corrected chi connectivity index (χ2v) is 9.59. The summed E-state index contributed by atoms with van der Waals surface area (Å²) in [7, 11) is 1.53. The summed E-state index contributed by atoms with van der Waals surface area (Å²) in [6, 6.07) is 11.7. The normalized spacial score (nSPS) is 18.5. The van der Waals surface area contributed by atoms with E-state index in [2.05, 4.69) is 9.88 Å². The average Bonchev–Trinajstić information content (AvgIpc) is 3.21. The van der Waals surface area contributed by atoms with Crippen LogP contribution in [0, 0.1) is 0 Å². The first-order chi connectivity index (χ1) is 16.5. The number of carbonyl (C=O) groups excluding carboxylic acids is 1. The molecular formula is C25H30ClN5O3. The molecule has 2 saturated heterocycles. The largest absolute Gasteiger partial charge is 0.496 e. The van der Waals surface area contributed by atoms with Crippen LogP contribution in [0.15, 0.2) is 41.2 Å². The molecule has 2 fully saturated rings. The van der Waals surface area contributed by atoms with Gasteiger partial charge in [0.05, 0.1) is 34.4 Å². The molecule has 0 aliphatic carbocycles. The van der Waals surface area contributed by atoms with Gasteiger partial charge in [-0.1, -0.05) is 23.7 Å². The Morgan fingerprint density at radius 2 is 1.74 bits per heavy atom. The number of rotatable bonds is 4. The lowest BCUT2D eigenvalue weighted by atomic mass is 9.97. The van der Waals surface area contributed by atoms with Gasteiger partial charge in [0, 0.05) is 44.3 Å². The van der Waals surface area contributed by atoms with Gasteiger partial charge in [-0.05, 0) is 43.9 Å². The van der Waals surface area contributed by atoms with Crippen molar-refractivity contribution < 1.29 is 9.53 Å². The number of hydrogen-bond donors (Lipinski definition) is 2. The summed E-state index contributed by atoms with van der Waals surface area (Å²) < 4.78 is 7.29. The molecule has 2 aliphatic rings. The number of halogens is 1. The zero-order valence-corrected chi connectivity index (χ0v) is 20.1. The van der Waals surface area contributed by atoms with Gasteiger partial charge >= 0.3 is 5.69 Å². The van der Waals surface area contributed by atoms with Gasteiger partial charge in [-0.25, -0.2) is 4.79 Å². The van der Waals surface area contributed by atoms with E-state index in [1.54, 1.807) is 12.1 Å². The number of hydrogen-bond acceptors (Lipinski definition) is 5. The van der Waals surface area contributed by atoms with Gasteiger partial charge in [0.2, 0.25) is 0 Å². The van der Waals surface area contributed by atoms with E-state index in [4.69, 9.17) is 22.1 Å². The van der Waals surface area contributed by atoms with Crippen molar-refractivity contribution in [1.29, 1.82) is 0 Å². The van der Waals surface area contributed by atoms with E-state index in [1.165, 1.54) is 7.11 Å². The number of nitrogens with zero attached hydrogens (tertiary/aromatic N) is 3. The molecule has 5 rings (SSSR count). The molecule has 0 spiro atoms. The monoisotopic (exact) mass is 483 g/mol. The number of nitrogens with two attached hydrogens (primary N) is 1. The van der Waals surface area contributed by atoms with Crippen LogP contribution in [0.5, 0.6) is 5.75 Å². The molecule has 0 atom stereocenters. The SMILES string of the molecule is COc1cc(N)c(Cl)cc1C(=O)N1CCC(N2CCC(n3c(=O)[nH]c4ccccc43)CC2)CC1. The van der Waals surface area contributed by atoms with E-state index >= 15 is 0 Å². The third-order valence-electron chi connectivity index (χ3n) is 7.31. The Hall–Kier alpha value is -2.97. The van der Waals surface area contributed by atoms with Crippen molar-refractivity contribution in [2.45, 2.75) is 37.8 Å². The molecule has 0 bridgehead atoms. The fraction of sp³-hybridized carbons (Fsp3) is 0.440. The first-order valence-electron chi connectivity index (χ1n) is 11.8. The molecule has 0 radical (unpaired) electrons. The van der Waals surface area contributed by atoms with Crippen LogP contribution in [0.25, 0.3) is 11.0 Å². The predicted molar refractivity (Wildman–Crippen MR) is 134 cm³/mol. The Kier molecular flexibility index (Phi) is 6.27. The lowest BCUT2D eigenvalue weighted by Crippen LogP contribution is -2.49. The van der Waals surface area contributed by atoms with E-state index < -0.39 is 0 Å². The fourth-order valence-corrected chi connectivity index (χ4v) is 5.62. The number of methoxy groups -OCH3 is 1. The van der Waals surface area contributed by atoms with Crippen LogP contribution >= 0.6 is 11.6 Å². The standard InChI is InChI=1S/C25H30ClN5O3/c1-34-23-15-20(27)19(26)14-18(23)24(32)30-12-6-16(7-13-30)29-10-8-17(9-11-29)31-22-5-3-2-4-21(22)28-25(31)33/h2-5,14-17H,6-13,27H2,1H3,(H,28,33). The number of amides is 1. The molecule has 9 heteroatoms. The highest BCUT2D eigenvalue weighted by Crippen LogP contribution is 2.32. The zero-order chi connectivity index (χ0) is 23.8. The Balaban J connectivity index is 1.20. The number of ether oxygens (including phenoxy) is 1. The molecule has 1 aromatic heterocycles. The maximum Gasteiger partial charge on any atom is 0.326 e. The Labute approximate surface area is 203 Å². The number of likely N-dealkylation sites (tertiary alicyclic amines) is 2. The quantitative estimate of drug-likeness (QED) is 0.553. The van der Waals surface area contributed by atoms with Crippen molar-refractivity contribution in [2.24, 2.45) is 0 Å². The van der Waals surface area contributed by atoms with Gasteiger partial charge in [0.15, 0.2) is 0 Å². The van der Waals surface area contributed by atoms with Gasteiger partial charge in [-0.3, -0.25) is 9.36 Å². The minimum absolute atomic E-state index is 0.0235. The number of imidazole rings is 1. The number of carbonyl (C=O) groups is 1. The molecule has 1 amide bonds. The molecule has 2 aliphatic heterocycles. The molecule has 8 nitrogen and oxygen atoms in total. The highest BCUT2D eigenvalue weighted by Gasteiger charge is 2.32. The highest BCUT2D eigenvalue weighted by atomic mass is 35.5. The van der Waals surface area contributed by atoms with Crippen LogP contribution in [0.4, 0.5) is 5.69 Å². The molecule has 3 N–H and O–H groups in total. The maximum atomic E-state index is 13.1. The molecule has 180 valence electrons. The summed E-state index contributed by atoms with van der Waals surface area (Å²) in [6.45, 7) is 3.29. The predicted octanol–water partition coefficient (Wildman–Crippen LogP) is 3.52. The smallest absolute Gasteiger partial charge is 0.326 e. The zero-order valence-electron chi connectivity index (χ0n) is 19.3. The van der Waals surface area contributed by atoms with E-state index in [1.807, 2.05) is 33.7 Å². The number of piperidine rings is 2. The van der Waals surface area contributed by atoms with E-state index in [-0.39, 0.29) is 17.6 Å². The summed E-state index contributed by atoms with van der Waals surface area (Å²) in [6.07, 6.45) is 3.74. The lowest BCUT2D eigenvalue weighted by molar-refractivity contribution is 0.0555.